The Bertz CT molecular complexity index is 467. The summed E-state index contributed by atoms with van der Waals surface area (Å²) in [6.45, 7) is -1.27. The Morgan fingerprint density at radius 3 is 1.73 bits per heavy atom. The first-order valence-electron chi connectivity index (χ1n) is 5.79. The Morgan fingerprint density at radius 1 is 0.909 bits per heavy atom. The lowest BCUT2D eigenvalue weighted by Crippen LogP contribution is -2.55. The van der Waals surface area contributed by atoms with E-state index in [-0.39, 0.29) is 11.5 Å². The lowest BCUT2D eigenvalue weighted by molar-refractivity contribution is -0.347. The molecule has 0 aliphatic rings. The second-order valence-corrected chi connectivity index (χ2v) is 4.42. The smallest absolute Gasteiger partial charge is 0.431 e. The van der Waals surface area contributed by atoms with Gasteiger partial charge in [-0.2, -0.15) is 26.3 Å². The summed E-state index contributed by atoms with van der Waals surface area (Å²) in [5, 5.41) is 17.8. The third-order valence-electron chi connectivity index (χ3n) is 2.75. The van der Waals surface area contributed by atoms with Crippen molar-refractivity contribution in [1.82, 2.24) is 0 Å². The molecule has 0 bridgehead atoms. The first-order chi connectivity index (χ1) is 9.90. The molecular formula is C12H11F7O3. The van der Waals surface area contributed by atoms with Crippen LogP contribution in [0.3, 0.4) is 0 Å². The SMILES string of the molecule is OCC(CC(F)(C(F)(F)F)C(F)(F)F)Oc1ccc(O)cc1. The summed E-state index contributed by atoms with van der Waals surface area (Å²) >= 11 is 0. The predicted octanol–water partition coefficient (Wildman–Crippen LogP) is 3.35. The number of halogens is 7. The molecule has 0 aromatic heterocycles. The summed E-state index contributed by atoms with van der Waals surface area (Å²) in [6, 6.07) is 4.19. The summed E-state index contributed by atoms with van der Waals surface area (Å²) in [6.07, 6.45) is -16.7. The lowest BCUT2D eigenvalue weighted by atomic mass is 9.96. The molecule has 0 saturated heterocycles. The van der Waals surface area contributed by atoms with E-state index in [4.69, 9.17) is 14.9 Å². The molecule has 1 unspecified atom stereocenters. The Labute approximate surface area is 119 Å². The molecule has 0 radical (unpaired) electrons. The monoisotopic (exact) mass is 336 g/mol. The van der Waals surface area contributed by atoms with Gasteiger partial charge in [-0.3, -0.25) is 0 Å². The van der Waals surface area contributed by atoms with Gasteiger partial charge in [-0.25, -0.2) is 4.39 Å². The van der Waals surface area contributed by atoms with Crippen molar-refractivity contribution in [2.45, 2.75) is 30.5 Å². The molecule has 126 valence electrons. The van der Waals surface area contributed by atoms with Crippen LogP contribution in [0.2, 0.25) is 0 Å². The van der Waals surface area contributed by atoms with Crippen LogP contribution in [0.5, 0.6) is 11.5 Å². The molecule has 0 spiro atoms. The molecule has 0 fully saturated rings. The van der Waals surface area contributed by atoms with Gasteiger partial charge in [0.1, 0.15) is 17.6 Å². The van der Waals surface area contributed by atoms with E-state index in [2.05, 4.69) is 0 Å². The number of hydrogen-bond donors (Lipinski definition) is 2. The van der Waals surface area contributed by atoms with Crippen molar-refractivity contribution >= 4 is 0 Å². The zero-order chi connectivity index (χ0) is 17.2. The van der Waals surface area contributed by atoms with Crippen LogP contribution in [0.15, 0.2) is 24.3 Å². The molecule has 10 heteroatoms. The van der Waals surface area contributed by atoms with Gasteiger partial charge in [0, 0.05) is 6.42 Å². The first kappa shape index (κ1) is 18.3. The largest absolute Gasteiger partial charge is 0.508 e. The second-order valence-electron chi connectivity index (χ2n) is 4.42. The third-order valence-corrected chi connectivity index (χ3v) is 2.75. The highest BCUT2D eigenvalue weighted by molar-refractivity contribution is 5.30. The number of hydrogen-bond acceptors (Lipinski definition) is 3. The summed E-state index contributed by atoms with van der Waals surface area (Å²) in [4.78, 5) is 0. The van der Waals surface area contributed by atoms with Crippen LogP contribution < -0.4 is 4.74 Å². The van der Waals surface area contributed by atoms with Crippen LogP contribution in [0.25, 0.3) is 0 Å². The minimum atomic E-state index is -6.21. The van der Waals surface area contributed by atoms with Crippen molar-refractivity contribution in [3.05, 3.63) is 24.3 Å². The zero-order valence-electron chi connectivity index (χ0n) is 10.7. The van der Waals surface area contributed by atoms with E-state index < -0.39 is 37.2 Å². The average molecular weight is 336 g/mol. The van der Waals surface area contributed by atoms with Gasteiger partial charge in [0.2, 0.25) is 0 Å². The lowest BCUT2D eigenvalue weighted by Gasteiger charge is -2.32. The van der Waals surface area contributed by atoms with E-state index in [9.17, 15) is 30.7 Å². The van der Waals surface area contributed by atoms with Gasteiger partial charge in [-0.15, -0.1) is 0 Å². The predicted molar refractivity (Wildman–Crippen MR) is 60.2 cm³/mol. The molecule has 1 atom stereocenters. The number of aliphatic hydroxyl groups is 1. The minimum Gasteiger partial charge on any atom is -0.508 e. The van der Waals surface area contributed by atoms with Gasteiger partial charge in [-0.05, 0) is 24.3 Å². The van der Waals surface area contributed by atoms with E-state index >= 15 is 0 Å². The molecular weight excluding hydrogens is 325 g/mol. The summed E-state index contributed by atoms with van der Waals surface area (Å²) in [7, 11) is 0. The number of alkyl halides is 7. The maximum Gasteiger partial charge on any atom is 0.431 e. The van der Waals surface area contributed by atoms with Crippen molar-refractivity contribution in [1.29, 1.82) is 0 Å². The van der Waals surface area contributed by atoms with Gasteiger partial charge < -0.3 is 14.9 Å². The molecule has 0 amide bonds. The Hall–Kier alpha value is -1.71. The van der Waals surface area contributed by atoms with E-state index in [1.54, 1.807) is 0 Å². The molecule has 2 N–H and O–H groups in total. The fraction of sp³-hybridized carbons (Fsp3) is 0.500. The van der Waals surface area contributed by atoms with Gasteiger partial charge in [0.25, 0.3) is 0 Å². The van der Waals surface area contributed by atoms with Crippen LogP contribution in [0.1, 0.15) is 6.42 Å². The van der Waals surface area contributed by atoms with Crippen LogP contribution >= 0.6 is 0 Å². The maximum atomic E-state index is 13.5. The molecule has 0 aliphatic heterocycles. The summed E-state index contributed by atoms with van der Waals surface area (Å²) in [5.41, 5.74) is -5.51. The molecule has 0 aliphatic carbocycles. The molecule has 0 heterocycles. The summed E-state index contributed by atoms with van der Waals surface area (Å²) in [5.74, 6) is -0.457. The maximum absolute atomic E-state index is 13.5. The number of phenols is 1. The van der Waals surface area contributed by atoms with Crippen LogP contribution in [-0.4, -0.2) is 40.9 Å². The standard InChI is InChI=1S/C12H11F7O3/c13-10(11(14,15)16,12(17,18)19)5-9(6-20)22-8-3-1-7(21)2-4-8/h1-4,9,20-21H,5-6H2. The highest BCUT2D eigenvalue weighted by Gasteiger charge is 2.72. The van der Waals surface area contributed by atoms with Crippen molar-refractivity contribution in [3.8, 4) is 11.5 Å². The molecule has 0 saturated carbocycles. The highest BCUT2D eigenvalue weighted by atomic mass is 19.4. The van der Waals surface area contributed by atoms with E-state index in [0.29, 0.717) is 0 Å². The highest BCUT2D eigenvalue weighted by Crippen LogP contribution is 2.49. The third kappa shape index (κ3) is 3.93. The molecule has 1 aromatic carbocycles. The zero-order valence-corrected chi connectivity index (χ0v) is 10.7. The van der Waals surface area contributed by atoms with E-state index in [0.717, 1.165) is 24.3 Å². The van der Waals surface area contributed by atoms with Gasteiger partial charge in [-0.1, -0.05) is 0 Å². The van der Waals surface area contributed by atoms with Crippen molar-refractivity contribution in [2.75, 3.05) is 6.61 Å². The van der Waals surface area contributed by atoms with Crippen LogP contribution in [0.4, 0.5) is 30.7 Å². The topological polar surface area (TPSA) is 49.7 Å². The normalized spacial score (nSPS) is 14.7. The Balaban J connectivity index is 2.97. The number of aliphatic hydroxyl groups excluding tert-OH is 1. The second kappa shape index (κ2) is 6.19. The number of rotatable bonds is 5. The van der Waals surface area contributed by atoms with Gasteiger partial charge >= 0.3 is 18.0 Å². The Kier molecular flexibility index (Phi) is 5.16. The van der Waals surface area contributed by atoms with E-state index in [1.807, 2.05) is 0 Å². The fourth-order valence-corrected chi connectivity index (χ4v) is 1.57. The quantitative estimate of drug-likeness (QED) is 0.811. The molecule has 22 heavy (non-hydrogen) atoms. The fourth-order valence-electron chi connectivity index (χ4n) is 1.57. The van der Waals surface area contributed by atoms with Gasteiger partial charge in [0.15, 0.2) is 0 Å². The minimum absolute atomic E-state index is 0.224. The molecule has 1 rings (SSSR count). The number of phenolic OH excluding ortho intramolecular Hbond substituents is 1. The van der Waals surface area contributed by atoms with Gasteiger partial charge in [0.05, 0.1) is 6.61 Å². The first-order valence-corrected chi connectivity index (χ1v) is 5.79. The summed E-state index contributed by atoms with van der Waals surface area (Å²) < 4.78 is 92.8. The average Bonchev–Trinajstić information content (AvgIpc) is 2.37. The van der Waals surface area contributed by atoms with Crippen molar-refractivity contribution < 1.29 is 45.7 Å². The Morgan fingerprint density at radius 2 is 1.36 bits per heavy atom. The van der Waals surface area contributed by atoms with Crippen molar-refractivity contribution in [2.24, 2.45) is 0 Å². The van der Waals surface area contributed by atoms with E-state index in [1.165, 1.54) is 0 Å². The van der Waals surface area contributed by atoms with Crippen molar-refractivity contribution in [3.63, 3.8) is 0 Å². The van der Waals surface area contributed by atoms with Crippen LogP contribution in [0, 0.1) is 0 Å². The number of benzene rings is 1. The van der Waals surface area contributed by atoms with Crippen LogP contribution in [-0.2, 0) is 0 Å². The number of ether oxygens (including phenoxy) is 1. The number of aromatic hydroxyl groups is 1. The molecule has 3 nitrogen and oxygen atoms in total. The molecule has 1 aromatic rings.